The third-order valence-corrected chi connectivity index (χ3v) is 9.03. The van der Waals surface area contributed by atoms with Gasteiger partial charge in [0.2, 0.25) is 0 Å². The molecular formula is C40H22O2. The van der Waals surface area contributed by atoms with Crippen molar-refractivity contribution in [3.8, 4) is 22.3 Å². The maximum atomic E-state index is 6.31. The van der Waals surface area contributed by atoms with Crippen LogP contribution >= 0.6 is 0 Å². The van der Waals surface area contributed by atoms with Crippen LogP contribution in [0.15, 0.2) is 142 Å². The Hall–Kier alpha value is -5.60. The second kappa shape index (κ2) is 7.99. The van der Waals surface area contributed by atoms with Gasteiger partial charge in [0.25, 0.3) is 0 Å². The standard InChI is InChI=1S/C40H22O2/c1-3-12-28-26(10-1)37(24-17-20-34-32(22-24)25-9-5-6-14-33(25)41-34)27-11-2-4-13-29(27)39(28)30-19-21-36-40-31(30)18-16-23-8-7-15-35(42-36)38(23)40/h1-22H. The smallest absolute Gasteiger partial charge is 0.136 e. The Labute approximate surface area is 240 Å². The molecule has 2 heteroatoms. The van der Waals surface area contributed by atoms with Gasteiger partial charge >= 0.3 is 0 Å². The van der Waals surface area contributed by atoms with Gasteiger partial charge < -0.3 is 8.83 Å². The van der Waals surface area contributed by atoms with Gasteiger partial charge in [0.1, 0.15) is 22.3 Å². The molecule has 0 spiro atoms. The van der Waals surface area contributed by atoms with Gasteiger partial charge in [0.05, 0.1) is 0 Å². The molecule has 8 aromatic carbocycles. The highest BCUT2D eigenvalue weighted by atomic mass is 16.3. The Morgan fingerprint density at radius 2 is 0.929 bits per heavy atom. The highest BCUT2D eigenvalue weighted by Gasteiger charge is 2.21. The fourth-order valence-electron chi connectivity index (χ4n) is 7.28. The van der Waals surface area contributed by atoms with Crippen LogP contribution in [-0.4, -0.2) is 0 Å². The first-order valence-electron chi connectivity index (χ1n) is 14.4. The van der Waals surface area contributed by atoms with Gasteiger partial charge in [-0.2, -0.15) is 0 Å². The van der Waals surface area contributed by atoms with E-state index in [4.69, 9.17) is 8.83 Å². The first-order valence-corrected chi connectivity index (χ1v) is 14.4. The Morgan fingerprint density at radius 3 is 1.71 bits per heavy atom. The van der Waals surface area contributed by atoms with Crippen molar-refractivity contribution in [3.05, 3.63) is 133 Å². The summed E-state index contributed by atoms with van der Waals surface area (Å²) in [5, 5.41) is 12.1. The van der Waals surface area contributed by atoms with Crippen molar-refractivity contribution in [2.45, 2.75) is 0 Å². The summed E-state index contributed by atoms with van der Waals surface area (Å²) in [7, 11) is 0. The molecule has 0 atom stereocenters. The number of hydrogen-bond donors (Lipinski definition) is 0. The van der Waals surface area contributed by atoms with Crippen molar-refractivity contribution < 1.29 is 8.83 Å². The van der Waals surface area contributed by atoms with Crippen LogP contribution < -0.4 is 0 Å². The van der Waals surface area contributed by atoms with Crippen molar-refractivity contribution in [1.82, 2.24) is 0 Å². The highest BCUT2D eigenvalue weighted by molar-refractivity contribution is 6.29. The van der Waals surface area contributed by atoms with E-state index in [1.54, 1.807) is 0 Å². The van der Waals surface area contributed by atoms with Gasteiger partial charge in [-0.15, -0.1) is 0 Å². The zero-order valence-corrected chi connectivity index (χ0v) is 22.5. The highest BCUT2D eigenvalue weighted by Crippen LogP contribution is 2.48. The first kappa shape index (κ1) is 22.1. The monoisotopic (exact) mass is 534 g/mol. The molecule has 0 radical (unpaired) electrons. The zero-order chi connectivity index (χ0) is 27.4. The fraction of sp³-hybridized carbons (Fsp3) is 0. The molecule has 0 fully saturated rings. The summed E-state index contributed by atoms with van der Waals surface area (Å²) in [6.07, 6.45) is 0. The number of fused-ring (bicyclic) bond motifs is 5. The van der Waals surface area contributed by atoms with E-state index < -0.39 is 0 Å². The molecule has 0 aliphatic carbocycles. The molecule has 10 rings (SSSR count). The van der Waals surface area contributed by atoms with Crippen LogP contribution in [0.3, 0.4) is 0 Å². The van der Waals surface area contributed by atoms with E-state index in [-0.39, 0.29) is 0 Å². The second-order valence-electron chi connectivity index (χ2n) is 11.2. The molecule has 0 N–H and O–H groups in total. The van der Waals surface area contributed by atoms with E-state index >= 15 is 0 Å². The van der Waals surface area contributed by atoms with E-state index in [9.17, 15) is 0 Å². The molecule has 2 heterocycles. The summed E-state index contributed by atoms with van der Waals surface area (Å²) in [6.45, 7) is 0. The molecule has 0 saturated carbocycles. The quantitative estimate of drug-likeness (QED) is 0.163. The van der Waals surface area contributed by atoms with Crippen LogP contribution in [-0.2, 0) is 0 Å². The molecule has 10 aromatic rings. The SMILES string of the molecule is c1ccc2c(c1)oc1ccc(-c3c4ccccc4c(-c4ccc5oc6cccc7ccc4c5c76)c4ccccc34)cc12. The Bertz CT molecular complexity index is 2630. The van der Waals surface area contributed by atoms with Crippen LogP contribution in [0.1, 0.15) is 0 Å². The molecule has 42 heavy (non-hydrogen) atoms. The lowest BCUT2D eigenvalue weighted by Gasteiger charge is -2.19. The second-order valence-corrected chi connectivity index (χ2v) is 11.2. The molecule has 0 unspecified atom stereocenters. The number of para-hydroxylation sites is 1. The van der Waals surface area contributed by atoms with E-state index in [0.29, 0.717) is 0 Å². The maximum absolute atomic E-state index is 6.31. The van der Waals surface area contributed by atoms with E-state index in [1.807, 2.05) is 12.1 Å². The summed E-state index contributed by atoms with van der Waals surface area (Å²) in [5.41, 5.74) is 8.64. The van der Waals surface area contributed by atoms with Crippen LogP contribution in [0.25, 0.3) is 98.4 Å². The van der Waals surface area contributed by atoms with Crippen LogP contribution in [0.4, 0.5) is 0 Å². The Kier molecular flexibility index (Phi) is 4.21. The normalized spacial score (nSPS) is 12.3. The van der Waals surface area contributed by atoms with E-state index in [0.717, 1.165) is 33.1 Å². The molecule has 0 amide bonds. The van der Waals surface area contributed by atoms with Crippen molar-refractivity contribution in [2.75, 3.05) is 0 Å². The molecule has 2 aromatic heterocycles. The predicted molar refractivity (Wildman–Crippen MR) is 176 cm³/mol. The third kappa shape index (κ3) is 2.83. The molecule has 0 aliphatic heterocycles. The van der Waals surface area contributed by atoms with Gasteiger partial charge in [-0.05, 0) is 91.0 Å². The van der Waals surface area contributed by atoms with Crippen molar-refractivity contribution in [2.24, 2.45) is 0 Å². The number of benzene rings is 8. The lowest BCUT2D eigenvalue weighted by Crippen LogP contribution is -1.91. The summed E-state index contributed by atoms with van der Waals surface area (Å²) in [6, 6.07) is 47.8. The van der Waals surface area contributed by atoms with Crippen molar-refractivity contribution in [1.29, 1.82) is 0 Å². The van der Waals surface area contributed by atoms with Gasteiger partial charge in [-0.3, -0.25) is 0 Å². The van der Waals surface area contributed by atoms with Gasteiger partial charge in [0.15, 0.2) is 0 Å². The lowest BCUT2D eigenvalue weighted by molar-refractivity contribution is 0.668. The molecular weight excluding hydrogens is 512 g/mol. The third-order valence-electron chi connectivity index (χ3n) is 9.03. The predicted octanol–water partition coefficient (Wildman–Crippen LogP) is 11.7. The number of hydrogen-bond acceptors (Lipinski definition) is 2. The lowest BCUT2D eigenvalue weighted by atomic mass is 9.84. The summed E-state index contributed by atoms with van der Waals surface area (Å²) in [5.74, 6) is 0. The van der Waals surface area contributed by atoms with Crippen molar-refractivity contribution in [3.63, 3.8) is 0 Å². The van der Waals surface area contributed by atoms with E-state index in [2.05, 4.69) is 121 Å². The summed E-state index contributed by atoms with van der Waals surface area (Å²) < 4.78 is 12.5. The summed E-state index contributed by atoms with van der Waals surface area (Å²) in [4.78, 5) is 0. The minimum absolute atomic E-state index is 0.913. The van der Waals surface area contributed by atoms with E-state index in [1.165, 1.54) is 65.3 Å². The average Bonchev–Trinajstić information content (AvgIpc) is 3.61. The molecule has 0 bridgehead atoms. The molecule has 0 aliphatic rings. The number of rotatable bonds is 2. The van der Waals surface area contributed by atoms with Crippen LogP contribution in [0.2, 0.25) is 0 Å². The van der Waals surface area contributed by atoms with Gasteiger partial charge in [-0.1, -0.05) is 97.1 Å². The Morgan fingerprint density at radius 1 is 0.333 bits per heavy atom. The van der Waals surface area contributed by atoms with Gasteiger partial charge in [-0.25, -0.2) is 0 Å². The van der Waals surface area contributed by atoms with Gasteiger partial charge in [0, 0.05) is 21.5 Å². The van der Waals surface area contributed by atoms with Crippen LogP contribution in [0, 0.1) is 0 Å². The minimum Gasteiger partial charge on any atom is -0.456 e. The largest absolute Gasteiger partial charge is 0.456 e. The molecule has 2 nitrogen and oxygen atoms in total. The molecule has 0 saturated heterocycles. The van der Waals surface area contributed by atoms with Crippen LogP contribution in [0.5, 0.6) is 0 Å². The Balaban J connectivity index is 1.34. The zero-order valence-electron chi connectivity index (χ0n) is 22.5. The number of furan rings is 2. The summed E-state index contributed by atoms with van der Waals surface area (Å²) >= 11 is 0. The minimum atomic E-state index is 0.913. The molecule has 194 valence electrons. The van der Waals surface area contributed by atoms with Crippen molar-refractivity contribution >= 4 is 76.2 Å². The topological polar surface area (TPSA) is 26.3 Å². The fourth-order valence-corrected chi connectivity index (χ4v) is 7.28. The maximum Gasteiger partial charge on any atom is 0.136 e. The first-order chi connectivity index (χ1) is 20.8. The average molecular weight is 535 g/mol.